The van der Waals surface area contributed by atoms with Crippen LogP contribution in [-0.2, 0) is 0 Å². The fourth-order valence-corrected chi connectivity index (χ4v) is 1.67. The lowest BCUT2D eigenvalue weighted by Gasteiger charge is -2.19. The summed E-state index contributed by atoms with van der Waals surface area (Å²) in [5, 5.41) is 9.19. The Kier molecular flexibility index (Phi) is 4.47. The minimum atomic E-state index is -0.279. The highest BCUT2D eigenvalue weighted by molar-refractivity contribution is 9.10. The summed E-state index contributed by atoms with van der Waals surface area (Å²) in [6.07, 6.45) is 0.454. The molecule has 0 fully saturated rings. The van der Waals surface area contributed by atoms with E-state index in [9.17, 15) is 5.11 Å². The fraction of sp³-hybridized carbons (Fsp3) is 0.600. The molecule has 1 N–H and O–H groups in total. The summed E-state index contributed by atoms with van der Waals surface area (Å²) in [7, 11) is 1.95. The van der Waals surface area contributed by atoms with Crippen LogP contribution in [0.5, 0.6) is 0 Å². The maximum atomic E-state index is 9.19. The van der Waals surface area contributed by atoms with Crippen LogP contribution in [0.15, 0.2) is 10.7 Å². The molecule has 0 bridgehead atoms. The Morgan fingerprint density at radius 1 is 1.53 bits per heavy atom. The quantitative estimate of drug-likeness (QED) is 0.850. The predicted octanol–water partition coefficient (Wildman–Crippen LogP) is 1.75. The van der Waals surface area contributed by atoms with Crippen molar-refractivity contribution in [2.24, 2.45) is 0 Å². The van der Waals surface area contributed by atoms with Crippen molar-refractivity contribution < 1.29 is 5.11 Å². The Balaban J connectivity index is 2.68. The molecule has 0 aromatic carbocycles. The SMILES string of the molecule is Cc1nc(Br)cc(N(C)CCC(C)O)n1. The molecule has 1 rings (SSSR count). The third kappa shape index (κ3) is 4.13. The molecule has 1 aromatic rings. The van der Waals surface area contributed by atoms with Gasteiger partial charge >= 0.3 is 0 Å². The highest BCUT2D eigenvalue weighted by Crippen LogP contribution is 2.15. The number of aryl methyl sites for hydroxylation is 1. The Morgan fingerprint density at radius 2 is 2.20 bits per heavy atom. The van der Waals surface area contributed by atoms with Gasteiger partial charge in [-0.05, 0) is 36.2 Å². The predicted molar refractivity (Wildman–Crippen MR) is 64.0 cm³/mol. The van der Waals surface area contributed by atoms with Gasteiger partial charge in [0.15, 0.2) is 0 Å². The first-order chi connectivity index (χ1) is 6.99. The maximum Gasteiger partial charge on any atom is 0.133 e. The molecule has 1 atom stereocenters. The Bertz CT molecular complexity index is 310. The van der Waals surface area contributed by atoms with Crippen molar-refractivity contribution >= 4 is 21.7 Å². The summed E-state index contributed by atoms with van der Waals surface area (Å²) >= 11 is 3.33. The van der Waals surface area contributed by atoms with E-state index in [-0.39, 0.29) is 6.10 Å². The second-order valence-electron chi connectivity index (χ2n) is 3.66. The normalized spacial score (nSPS) is 12.6. The molecule has 0 amide bonds. The summed E-state index contributed by atoms with van der Waals surface area (Å²) in [5.74, 6) is 1.61. The van der Waals surface area contributed by atoms with Gasteiger partial charge in [-0.25, -0.2) is 9.97 Å². The molecule has 1 heterocycles. The first-order valence-electron chi connectivity index (χ1n) is 4.89. The second-order valence-corrected chi connectivity index (χ2v) is 4.47. The van der Waals surface area contributed by atoms with Gasteiger partial charge in [0.05, 0.1) is 6.10 Å². The molecular weight excluding hydrogens is 258 g/mol. The van der Waals surface area contributed by atoms with Gasteiger partial charge in [-0.15, -0.1) is 0 Å². The van der Waals surface area contributed by atoms with Crippen LogP contribution in [0.25, 0.3) is 0 Å². The summed E-state index contributed by atoms with van der Waals surface area (Å²) in [4.78, 5) is 10.5. The molecule has 0 aliphatic carbocycles. The molecule has 1 aromatic heterocycles. The average molecular weight is 274 g/mol. The number of rotatable bonds is 4. The highest BCUT2D eigenvalue weighted by atomic mass is 79.9. The van der Waals surface area contributed by atoms with Gasteiger partial charge in [0.1, 0.15) is 16.2 Å². The van der Waals surface area contributed by atoms with Crippen molar-refractivity contribution in [3.05, 3.63) is 16.5 Å². The minimum absolute atomic E-state index is 0.279. The fourth-order valence-electron chi connectivity index (χ4n) is 1.21. The number of halogens is 1. The lowest BCUT2D eigenvalue weighted by atomic mass is 10.3. The van der Waals surface area contributed by atoms with Crippen molar-refractivity contribution in [1.29, 1.82) is 0 Å². The van der Waals surface area contributed by atoms with Crippen molar-refractivity contribution in [3.63, 3.8) is 0 Å². The average Bonchev–Trinajstić information content (AvgIpc) is 2.12. The van der Waals surface area contributed by atoms with Crippen molar-refractivity contribution in [2.45, 2.75) is 26.4 Å². The Morgan fingerprint density at radius 3 is 2.73 bits per heavy atom. The number of hydrogen-bond acceptors (Lipinski definition) is 4. The molecule has 0 radical (unpaired) electrons. The lowest BCUT2D eigenvalue weighted by Crippen LogP contribution is -2.23. The van der Waals surface area contributed by atoms with E-state index >= 15 is 0 Å². The Hall–Kier alpha value is -0.680. The zero-order valence-electron chi connectivity index (χ0n) is 9.24. The van der Waals surface area contributed by atoms with Crippen molar-refractivity contribution in [1.82, 2.24) is 9.97 Å². The van der Waals surface area contributed by atoms with Gasteiger partial charge in [-0.2, -0.15) is 0 Å². The number of hydrogen-bond donors (Lipinski definition) is 1. The third-order valence-electron chi connectivity index (χ3n) is 2.07. The van der Waals surface area contributed by atoms with Crippen LogP contribution in [0.2, 0.25) is 0 Å². The first-order valence-corrected chi connectivity index (χ1v) is 5.68. The summed E-state index contributed by atoms with van der Waals surface area (Å²) in [6.45, 7) is 4.42. The number of anilines is 1. The maximum absolute atomic E-state index is 9.19. The number of aliphatic hydroxyl groups is 1. The van der Waals surface area contributed by atoms with Crippen LogP contribution in [0.3, 0.4) is 0 Å². The highest BCUT2D eigenvalue weighted by Gasteiger charge is 2.06. The van der Waals surface area contributed by atoms with Crippen LogP contribution < -0.4 is 4.90 Å². The third-order valence-corrected chi connectivity index (χ3v) is 2.47. The molecule has 0 spiro atoms. The minimum Gasteiger partial charge on any atom is -0.393 e. The molecule has 0 aliphatic heterocycles. The zero-order chi connectivity index (χ0) is 11.4. The van der Waals surface area contributed by atoms with Crippen LogP contribution in [0.4, 0.5) is 5.82 Å². The topological polar surface area (TPSA) is 49.2 Å². The van der Waals surface area contributed by atoms with Crippen molar-refractivity contribution in [2.75, 3.05) is 18.5 Å². The lowest BCUT2D eigenvalue weighted by molar-refractivity contribution is 0.187. The van der Waals surface area contributed by atoms with E-state index in [1.54, 1.807) is 6.92 Å². The van der Waals surface area contributed by atoms with E-state index in [0.717, 1.165) is 29.2 Å². The summed E-state index contributed by atoms with van der Waals surface area (Å²) < 4.78 is 0.786. The van der Waals surface area contributed by atoms with E-state index < -0.39 is 0 Å². The second kappa shape index (κ2) is 5.42. The molecule has 4 nitrogen and oxygen atoms in total. The molecule has 84 valence electrons. The van der Waals surface area contributed by atoms with Crippen LogP contribution >= 0.6 is 15.9 Å². The van der Waals surface area contributed by atoms with Gasteiger partial charge in [-0.3, -0.25) is 0 Å². The standard InChI is InChI=1S/C10H16BrN3O/c1-7(15)4-5-14(3)10-6-9(11)12-8(2)13-10/h6-7,15H,4-5H2,1-3H3. The van der Waals surface area contributed by atoms with E-state index in [4.69, 9.17) is 0 Å². The van der Waals surface area contributed by atoms with E-state index in [2.05, 4.69) is 25.9 Å². The van der Waals surface area contributed by atoms with E-state index in [1.807, 2.05) is 24.9 Å². The molecular formula is C10H16BrN3O. The molecule has 5 heteroatoms. The number of aliphatic hydroxyl groups excluding tert-OH is 1. The van der Waals surface area contributed by atoms with Gasteiger partial charge in [0.2, 0.25) is 0 Å². The Labute approximate surface area is 98.5 Å². The van der Waals surface area contributed by atoms with Crippen LogP contribution in [0.1, 0.15) is 19.2 Å². The van der Waals surface area contributed by atoms with Gasteiger partial charge in [0, 0.05) is 19.7 Å². The molecule has 15 heavy (non-hydrogen) atoms. The van der Waals surface area contributed by atoms with Crippen LogP contribution in [0, 0.1) is 6.92 Å². The van der Waals surface area contributed by atoms with Crippen molar-refractivity contribution in [3.8, 4) is 0 Å². The molecule has 0 aliphatic rings. The number of aromatic nitrogens is 2. The van der Waals surface area contributed by atoms with Crippen LogP contribution in [-0.4, -0.2) is 34.8 Å². The summed E-state index contributed by atoms with van der Waals surface area (Å²) in [5.41, 5.74) is 0. The monoisotopic (exact) mass is 273 g/mol. The first kappa shape index (κ1) is 12.4. The van der Waals surface area contributed by atoms with E-state index in [0.29, 0.717) is 0 Å². The van der Waals surface area contributed by atoms with Gasteiger partial charge < -0.3 is 10.0 Å². The molecule has 0 saturated carbocycles. The van der Waals surface area contributed by atoms with Gasteiger partial charge in [-0.1, -0.05) is 0 Å². The largest absolute Gasteiger partial charge is 0.393 e. The number of nitrogens with zero attached hydrogens (tertiary/aromatic N) is 3. The molecule has 1 unspecified atom stereocenters. The summed E-state index contributed by atoms with van der Waals surface area (Å²) in [6, 6.07) is 1.87. The van der Waals surface area contributed by atoms with E-state index in [1.165, 1.54) is 0 Å². The zero-order valence-corrected chi connectivity index (χ0v) is 10.8. The molecule has 0 saturated heterocycles. The smallest absolute Gasteiger partial charge is 0.133 e. The van der Waals surface area contributed by atoms with Gasteiger partial charge in [0.25, 0.3) is 0 Å².